The highest BCUT2D eigenvalue weighted by Gasteiger charge is 2.35. The topological polar surface area (TPSA) is 78.9 Å². The van der Waals surface area contributed by atoms with E-state index in [0.717, 1.165) is 5.56 Å². The SMILES string of the molecule is CN(Cc1ccccc1)C(=O)C[C@H]1CN(C(=O)c2cnc(N(C)C)nc2)CC[C@@H]1Oc1ccc(Cl)cc1. The van der Waals surface area contributed by atoms with E-state index in [2.05, 4.69) is 9.97 Å². The van der Waals surface area contributed by atoms with E-state index in [4.69, 9.17) is 16.3 Å². The molecule has 2 atom stereocenters. The van der Waals surface area contributed by atoms with Crippen molar-refractivity contribution in [3.63, 3.8) is 0 Å². The van der Waals surface area contributed by atoms with Gasteiger partial charge in [0.05, 0.1) is 5.56 Å². The molecule has 0 unspecified atom stereocenters. The number of ether oxygens (including phenoxy) is 1. The predicted octanol–water partition coefficient (Wildman–Crippen LogP) is 4.15. The minimum absolute atomic E-state index is 0.00604. The summed E-state index contributed by atoms with van der Waals surface area (Å²) in [6.45, 7) is 1.43. The van der Waals surface area contributed by atoms with Crippen molar-refractivity contribution in [3.8, 4) is 5.75 Å². The maximum Gasteiger partial charge on any atom is 0.257 e. The van der Waals surface area contributed by atoms with E-state index in [1.54, 1.807) is 46.3 Å². The van der Waals surface area contributed by atoms with Crippen molar-refractivity contribution >= 4 is 29.4 Å². The fraction of sp³-hybridized carbons (Fsp3) is 0.357. The molecule has 1 fully saturated rings. The summed E-state index contributed by atoms with van der Waals surface area (Å²) >= 11 is 6.03. The number of likely N-dealkylation sites (tertiary alicyclic amines) is 1. The Hall–Kier alpha value is -3.65. The van der Waals surface area contributed by atoms with Gasteiger partial charge in [-0.05, 0) is 29.8 Å². The third kappa shape index (κ3) is 6.98. The number of piperidine rings is 1. The summed E-state index contributed by atoms with van der Waals surface area (Å²) in [4.78, 5) is 40.3. The Morgan fingerprint density at radius 1 is 1.03 bits per heavy atom. The Bertz CT molecular complexity index is 1190. The summed E-state index contributed by atoms with van der Waals surface area (Å²) in [5.74, 6) is 0.909. The van der Waals surface area contributed by atoms with Crippen LogP contribution in [-0.2, 0) is 11.3 Å². The number of hydrogen-bond acceptors (Lipinski definition) is 6. The number of carbonyl (C=O) groups is 2. The average molecular weight is 522 g/mol. The van der Waals surface area contributed by atoms with Crippen molar-refractivity contribution in [2.45, 2.75) is 25.5 Å². The number of aromatic nitrogens is 2. The quantitative estimate of drug-likeness (QED) is 0.443. The van der Waals surface area contributed by atoms with Gasteiger partial charge in [0.15, 0.2) is 0 Å². The molecule has 2 amide bonds. The van der Waals surface area contributed by atoms with Crippen molar-refractivity contribution in [1.29, 1.82) is 0 Å². The lowest BCUT2D eigenvalue weighted by Crippen LogP contribution is -2.49. The molecule has 1 aromatic heterocycles. The van der Waals surface area contributed by atoms with Crippen LogP contribution in [-0.4, -0.2) is 71.9 Å². The van der Waals surface area contributed by atoms with Gasteiger partial charge in [-0.3, -0.25) is 9.59 Å². The first-order valence-electron chi connectivity index (χ1n) is 12.3. The van der Waals surface area contributed by atoms with E-state index in [0.29, 0.717) is 48.3 Å². The van der Waals surface area contributed by atoms with Crippen LogP contribution in [0.2, 0.25) is 5.02 Å². The maximum atomic E-state index is 13.3. The van der Waals surface area contributed by atoms with Crippen LogP contribution in [0.1, 0.15) is 28.8 Å². The van der Waals surface area contributed by atoms with Crippen LogP contribution in [0.15, 0.2) is 67.0 Å². The first kappa shape index (κ1) is 26.4. The normalized spacial score (nSPS) is 17.2. The summed E-state index contributed by atoms with van der Waals surface area (Å²) in [6, 6.07) is 17.1. The second-order valence-corrected chi connectivity index (χ2v) is 9.95. The van der Waals surface area contributed by atoms with Gasteiger partial charge in [-0.2, -0.15) is 0 Å². The first-order valence-corrected chi connectivity index (χ1v) is 12.7. The van der Waals surface area contributed by atoms with E-state index >= 15 is 0 Å². The molecule has 0 spiro atoms. The van der Waals surface area contributed by atoms with Crippen LogP contribution in [0.25, 0.3) is 0 Å². The zero-order valence-corrected chi connectivity index (χ0v) is 22.1. The molecule has 8 nitrogen and oxygen atoms in total. The van der Waals surface area contributed by atoms with Gasteiger partial charge in [0.2, 0.25) is 11.9 Å². The van der Waals surface area contributed by atoms with Crippen LogP contribution >= 0.6 is 11.6 Å². The van der Waals surface area contributed by atoms with Gasteiger partial charge in [0.1, 0.15) is 11.9 Å². The average Bonchev–Trinajstić information content (AvgIpc) is 2.91. The first-order chi connectivity index (χ1) is 17.8. The van der Waals surface area contributed by atoms with E-state index in [1.165, 1.54) is 0 Å². The molecule has 194 valence electrons. The molecule has 0 bridgehead atoms. The Labute approximate surface area is 222 Å². The van der Waals surface area contributed by atoms with Crippen LogP contribution < -0.4 is 9.64 Å². The number of benzene rings is 2. The summed E-state index contributed by atoms with van der Waals surface area (Å²) in [5.41, 5.74) is 1.49. The fourth-order valence-electron chi connectivity index (χ4n) is 4.41. The Morgan fingerprint density at radius 3 is 2.35 bits per heavy atom. The molecule has 1 saturated heterocycles. The van der Waals surface area contributed by atoms with Crippen LogP contribution in [0, 0.1) is 5.92 Å². The van der Waals surface area contributed by atoms with Crippen molar-refractivity contribution in [2.24, 2.45) is 5.92 Å². The summed E-state index contributed by atoms with van der Waals surface area (Å²) in [6.07, 6.45) is 3.75. The highest BCUT2D eigenvalue weighted by molar-refractivity contribution is 6.30. The minimum Gasteiger partial charge on any atom is -0.490 e. The lowest BCUT2D eigenvalue weighted by Gasteiger charge is -2.39. The van der Waals surface area contributed by atoms with Crippen molar-refractivity contribution in [2.75, 3.05) is 39.1 Å². The second-order valence-electron chi connectivity index (χ2n) is 9.52. The molecule has 1 aliphatic rings. The molecule has 0 aliphatic carbocycles. The lowest BCUT2D eigenvalue weighted by molar-refractivity contribution is -0.132. The second kappa shape index (κ2) is 12.1. The van der Waals surface area contributed by atoms with Gasteiger partial charge < -0.3 is 19.4 Å². The molecule has 9 heteroatoms. The fourth-order valence-corrected chi connectivity index (χ4v) is 4.53. The summed E-state index contributed by atoms with van der Waals surface area (Å²) < 4.78 is 6.30. The maximum absolute atomic E-state index is 13.3. The molecule has 37 heavy (non-hydrogen) atoms. The molecular formula is C28H32ClN5O3. The molecule has 4 rings (SSSR count). The van der Waals surface area contributed by atoms with Crippen LogP contribution in [0.4, 0.5) is 5.95 Å². The lowest BCUT2D eigenvalue weighted by atomic mass is 9.90. The predicted molar refractivity (Wildman–Crippen MR) is 144 cm³/mol. The number of rotatable bonds is 8. The summed E-state index contributed by atoms with van der Waals surface area (Å²) in [7, 11) is 5.50. The van der Waals surface area contributed by atoms with Crippen LogP contribution in [0.5, 0.6) is 5.75 Å². The molecule has 1 aliphatic heterocycles. The van der Waals surface area contributed by atoms with E-state index in [-0.39, 0.29) is 30.3 Å². The van der Waals surface area contributed by atoms with Crippen molar-refractivity contribution in [3.05, 3.63) is 83.1 Å². The van der Waals surface area contributed by atoms with Gasteiger partial charge >= 0.3 is 0 Å². The molecule has 0 N–H and O–H groups in total. The number of hydrogen-bond donors (Lipinski definition) is 0. The molecular weight excluding hydrogens is 490 g/mol. The summed E-state index contributed by atoms with van der Waals surface area (Å²) in [5, 5.41) is 0.629. The van der Waals surface area contributed by atoms with Gasteiger partial charge in [0.25, 0.3) is 5.91 Å². The molecule has 3 aromatic rings. The Balaban J connectivity index is 1.48. The smallest absolute Gasteiger partial charge is 0.257 e. The molecule has 2 aromatic carbocycles. The number of amides is 2. The largest absolute Gasteiger partial charge is 0.490 e. The van der Waals surface area contributed by atoms with E-state index < -0.39 is 0 Å². The molecule has 0 saturated carbocycles. The number of anilines is 1. The number of carbonyl (C=O) groups excluding carboxylic acids is 2. The minimum atomic E-state index is -0.216. The van der Waals surface area contributed by atoms with Crippen molar-refractivity contribution < 1.29 is 14.3 Å². The Kier molecular flexibility index (Phi) is 8.61. The van der Waals surface area contributed by atoms with Gasteiger partial charge in [-0.1, -0.05) is 41.9 Å². The zero-order chi connectivity index (χ0) is 26.4. The monoisotopic (exact) mass is 521 g/mol. The standard InChI is InChI=1S/C28H32ClN5O3/c1-32(2)28-30-16-22(17-31-28)27(36)34-14-13-25(37-24-11-9-23(29)10-12-24)21(19-34)15-26(35)33(3)18-20-7-5-4-6-8-20/h4-12,16-17,21,25H,13-15,18-19H2,1-3H3/t21-,25-/m0/s1. The zero-order valence-electron chi connectivity index (χ0n) is 21.4. The Morgan fingerprint density at radius 2 is 1.70 bits per heavy atom. The van der Waals surface area contributed by atoms with Crippen molar-refractivity contribution in [1.82, 2.24) is 19.8 Å². The highest BCUT2D eigenvalue weighted by atomic mass is 35.5. The van der Waals surface area contributed by atoms with Crippen LogP contribution in [0.3, 0.4) is 0 Å². The molecule has 2 heterocycles. The number of halogens is 1. The third-order valence-electron chi connectivity index (χ3n) is 6.46. The highest BCUT2D eigenvalue weighted by Crippen LogP contribution is 2.28. The van der Waals surface area contributed by atoms with E-state index in [9.17, 15) is 9.59 Å². The van der Waals surface area contributed by atoms with Gasteiger partial charge in [-0.25, -0.2) is 9.97 Å². The van der Waals surface area contributed by atoms with E-state index in [1.807, 2.05) is 56.6 Å². The van der Waals surface area contributed by atoms with Gasteiger partial charge in [-0.15, -0.1) is 0 Å². The molecule has 0 radical (unpaired) electrons. The van der Waals surface area contributed by atoms with Gasteiger partial charge in [0, 0.05) is 77.0 Å². The third-order valence-corrected chi connectivity index (χ3v) is 6.71. The number of nitrogens with zero attached hydrogens (tertiary/aromatic N) is 5.